The average Bonchev–Trinajstić information content (AvgIpc) is 2.76. The van der Waals surface area contributed by atoms with Crippen LogP contribution in [-0.4, -0.2) is 54.0 Å². The van der Waals surface area contributed by atoms with Crippen LogP contribution >= 0.6 is 0 Å². The van der Waals surface area contributed by atoms with E-state index in [-0.39, 0.29) is 13.2 Å². The lowest BCUT2D eigenvalue weighted by Gasteiger charge is -2.14. The Kier molecular flexibility index (Phi) is 6.24. The van der Waals surface area contributed by atoms with Gasteiger partial charge < -0.3 is 14.2 Å². The first-order chi connectivity index (χ1) is 11.9. The third-order valence-corrected chi connectivity index (χ3v) is 3.45. The van der Waals surface area contributed by atoms with Gasteiger partial charge in [-0.2, -0.15) is 0 Å². The molecule has 0 saturated carbocycles. The van der Waals surface area contributed by atoms with E-state index in [1.165, 1.54) is 0 Å². The minimum Gasteiger partial charge on any atom is -0.448 e. The van der Waals surface area contributed by atoms with Crippen LogP contribution in [-0.2, 0) is 40.0 Å². The number of likely N-dealkylation sites (tertiary alicyclic amines) is 1. The van der Waals surface area contributed by atoms with Crippen molar-refractivity contribution in [2.24, 2.45) is 0 Å². The highest BCUT2D eigenvalue weighted by Gasteiger charge is 2.52. The first-order valence-electron chi connectivity index (χ1n) is 7.71. The Bertz CT molecular complexity index is 624. The van der Waals surface area contributed by atoms with Gasteiger partial charge in [-0.05, 0) is 5.56 Å². The molecule has 8 nitrogen and oxygen atoms in total. The molecule has 0 N–H and O–H groups in total. The molecule has 0 radical (unpaired) electrons. The molecule has 1 saturated heterocycles. The van der Waals surface area contributed by atoms with Crippen LogP contribution in [0.1, 0.15) is 19.4 Å². The second-order valence-electron chi connectivity index (χ2n) is 5.43. The van der Waals surface area contributed by atoms with Gasteiger partial charge in [-0.15, -0.1) is 0 Å². The van der Waals surface area contributed by atoms with Crippen molar-refractivity contribution in [2.75, 3.05) is 13.2 Å². The molecule has 1 aliphatic rings. The van der Waals surface area contributed by atoms with Gasteiger partial charge in [0.15, 0.2) is 0 Å². The SMILES string of the molecule is CC(=O)O[C@H]1C(=O)N(CCOCc2ccccc2)C(=O)[C@@H]1OC(C)=O. The van der Waals surface area contributed by atoms with Gasteiger partial charge in [-0.1, -0.05) is 30.3 Å². The number of esters is 2. The molecule has 2 atom stereocenters. The average molecular weight is 349 g/mol. The van der Waals surface area contributed by atoms with Gasteiger partial charge in [0.2, 0.25) is 12.2 Å². The van der Waals surface area contributed by atoms with E-state index in [1.807, 2.05) is 30.3 Å². The van der Waals surface area contributed by atoms with E-state index in [4.69, 9.17) is 14.2 Å². The molecule has 0 spiro atoms. The Hall–Kier alpha value is -2.74. The smallest absolute Gasteiger partial charge is 0.303 e. The van der Waals surface area contributed by atoms with E-state index in [9.17, 15) is 19.2 Å². The molecule has 2 rings (SSSR count). The normalized spacial score (nSPS) is 19.8. The third kappa shape index (κ3) is 4.87. The summed E-state index contributed by atoms with van der Waals surface area (Å²) in [6, 6.07) is 9.41. The van der Waals surface area contributed by atoms with Gasteiger partial charge in [0.1, 0.15) is 0 Å². The molecule has 0 aromatic heterocycles. The lowest BCUT2D eigenvalue weighted by molar-refractivity contribution is -0.167. The Morgan fingerprint density at radius 3 is 1.96 bits per heavy atom. The topological polar surface area (TPSA) is 99.2 Å². The fourth-order valence-electron chi connectivity index (χ4n) is 2.40. The molecule has 0 unspecified atom stereocenters. The largest absolute Gasteiger partial charge is 0.448 e. The zero-order chi connectivity index (χ0) is 18.4. The number of hydrogen-bond acceptors (Lipinski definition) is 7. The van der Waals surface area contributed by atoms with Crippen molar-refractivity contribution in [2.45, 2.75) is 32.7 Å². The minimum absolute atomic E-state index is 0.0277. The van der Waals surface area contributed by atoms with Crippen molar-refractivity contribution in [1.82, 2.24) is 4.90 Å². The Balaban J connectivity index is 1.94. The van der Waals surface area contributed by atoms with Crippen LogP contribution in [0.15, 0.2) is 30.3 Å². The number of rotatable bonds is 7. The molecule has 0 bridgehead atoms. The molecule has 1 fully saturated rings. The quantitative estimate of drug-likeness (QED) is 0.400. The fraction of sp³-hybridized carbons (Fsp3) is 0.412. The van der Waals surface area contributed by atoms with Gasteiger partial charge in [-0.3, -0.25) is 24.1 Å². The van der Waals surface area contributed by atoms with Crippen LogP contribution in [0.5, 0.6) is 0 Å². The van der Waals surface area contributed by atoms with E-state index in [2.05, 4.69) is 0 Å². The standard InChI is InChI=1S/C17H19NO7/c1-11(19)24-14-15(25-12(2)20)17(22)18(16(14)21)8-9-23-10-13-6-4-3-5-7-13/h3-7,14-15H,8-10H2,1-2H3/t14-,15-/m1/s1. The van der Waals surface area contributed by atoms with Crippen LogP contribution in [0.3, 0.4) is 0 Å². The van der Waals surface area contributed by atoms with Gasteiger partial charge in [0.05, 0.1) is 19.8 Å². The summed E-state index contributed by atoms with van der Waals surface area (Å²) in [5.74, 6) is -2.94. The molecule has 134 valence electrons. The van der Waals surface area contributed by atoms with Crippen molar-refractivity contribution in [3.05, 3.63) is 35.9 Å². The van der Waals surface area contributed by atoms with Crippen molar-refractivity contribution in [3.63, 3.8) is 0 Å². The molecular formula is C17H19NO7. The van der Waals surface area contributed by atoms with Gasteiger partial charge >= 0.3 is 11.9 Å². The monoisotopic (exact) mass is 349 g/mol. The molecule has 1 aliphatic heterocycles. The molecule has 2 amide bonds. The summed E-state index contributed by atoms with van der Waals surface area (Å²) in [4.78, 5) is 47.7. The predicted octanol–water partition coefficient (Wildman–Crippen LogP) is 0.435. The lowest BCUT2D eigenvalue weighted by Crippen LogP contribution is -2.36. The number of imide groups is 1. The van der Waals surface area contributed by atoms with E-state index >= 15 is 0 Å². The van der Waals surface area contributed by atoms with Crippen molar-refractivity contribution in [1.29, 1.82) is 0 Å². The van der Waals surface area contributed by atoms with Crippen molar-refractivity contribution < 1.29 is 33.4 Å². The minimum atomic E-state index is -1.46. The van der Waals surface area contributed by atoms with E-state index in [0.29, 0.717) is 6.61 Å². The molecule has 1 aromatic rings. The second kappa shape index (κ2) is 8.39. The zero-order valence-corrected chi connectivity index (χ0v) is 14.0. The van der Waals surface area contributed by atoms with Crippen LogP contribution in [0.2, 0.25) is 0 Å². The lowest BCUT2D eigenvalue weighted by atomic mass is 10.2. The molecular weight excluding hydrogens is 330 g/mol. The Morgan fingerprint density at radius 2 is 1.48 bits per heavy atom. The van der Waals surface area contributed by atoms with E-state index in [1.54, 1.807) is 0 Å². The maximum Gasteiger partial charge on any atom is 0.303 e. The first kappa shape index (κ1) is 18.6. The van der Waals surface area contributed by atoms with Crippen LogP contribution in [0.25, 0.3) is 0 Å². The summed E-state index contributed by atoms with van der Waals surface area (Å²) in [5, 5.41) is 0. The van der Waals surface area contributed by atoms with Gasteiger partial charge in [-0.25, -0.2) is 0 Å². The highest BCUT2D eigenvalue weighted by molar-refractivity contribution is 6.09. The highest BCUT2D eigenvalue weighted by Crippen LogP contribution is 2.20. The molecule has 1 heterocycles. The summed E-state index contributed by atoms with van der Waals surface area (Å²) < 4.78 is 15.1. The van der Waals surface area contributed by atoms with Crippen LogP contribution in [0, 0.1) is 0 Å². The maximum atomic E-state index is 12.3. The third-order valence-electron chi connectivity index (χ3n) is 3.45. The number of hydrogen-bond donors (Lipinski definition) is 0. The predicted molar refractivity (Wildman–Crippen MR) is 83.9 cm³/mol. The summed E-state index contributed by atoms with van der Waals surface area (Å²) in [5.41, 5.74) is 0.956. The summed E-state index contributed by atoms with van der Waals surface area (Å²) in [7, 11) is 0. The molecule has 8 heteroatoms. The fourth-order valence-corrected chi connectivity index (χ4v) is 2.40. The number of benzene rings is 1. The Morgan fingerprint density at radius 1 is 0.960 bits per heavy atom. The van der Waals surface area contributed by atoms with Crippen LogP contribution in [0.4, 0.5) is 0 Å². The molecule has 25 heavy (non-hydrogen) atoms. The number of carbonyl (C=O) groups excluding carboxylic acids is 4. The van der Waals surface area contributed by atoms with E-state index < -0.39 is 36.0 Å². The number of carbonyl (C=O) groups is 4. The second-order valence-corrected chi connectivity index (χ2v) is 5.43. The van der Waals surface area contributed by atoms with Crippen LogP contribution < -0.4 is 0 Å². The molecule has 0 aliphatic carbocycles. The van der Waals surface area contributed by atoms with Crippen molar-refractivity contribution >= 4 is 23.8 Å². The first-order valence-corrected chi connectivity index (χ1v) is 7.71. The van der Waals surface area contributed by atoms with Gasteiger partial charge in [0.25, 0.3) is 11.8 Å². The maximum absolute atomic E-state index is 12.3. The summed E-state index contributed by atoms with van der Waals surface area (Å²) in [6.07, 6.45) is -2.91. The highest BCUT2D eigenvalue weighted by atomic mass is 16.6. The number of ether oxygens (including phenoxy) is 3. The zero-order valence-electron chi connectivity index (χ0n) is 14.0. The summed E-state index contributed by atoms with van der Waals surface area (Å²) >= 11 is 0. The van der Waals surface area contributed by atoms with Gasteiger partial charge in [0, 0.05) is 13.8 Å². The summed E-state index contributed by atoms with van der Waals surface area (Å²) in [6.45, 7) is 2.62. The number of nitrogens with zero attached hydrogens (tertiary/aromatic N) is 1. The molecule has 1 aromatic carbocycles. The van der Waals surface area contributed by atoms with Crippen molar-refractivity contribution in [3.8, 4) is 0 Å². The number of amides is 2. The Labute approximate surface area is 144 Å². The van der Waals surface area contributed by atoms with E-state index in [0.717, 1.165) is 24.3 Å².